The zero-order valence-corrected chi connectivity index (χ0v) is 11.8. The number of hydrogen-bond donors (Lipinski definition) is 1. The Labute approximate surface area is 118 Å². The second kappa shape index (κ2) is 7.89. The van der Waals surface area contributed by atoms with Crippen LogP contribution in [0.25, 0.3) is 0 Å². The normalized spacial score (nSPS) is 30.4. The van der Waals surface area contributed by atoms with Crippen molar-refractivity contribution in [2.75, 3.05) is 13.2 Å². The predicted molar refractivity (Wildman–Crippen MR) is 73.4 cm³/mol. The number of fused-ring (bicyclic) bond motifs is 2. The van der Waals surface area contributed by atoms with Gasteiger partial charge in [0.05, 0.1) is 0 Å². The summed E-state index contributed by atoms with van der Waals surface area (Å²) in [6, 6.07) is 0. The smallest absolute Gasteiger partial charge is 0.243 e. The Morgan fingerprint density at radius 3 is 2.68 bits per heavy atom. The van der Waals surface area contributed by atoms with E-state index in [9.17, 15) is 4.79 Å². The number of hydrogen-bond acceptors (Lipinski definition) is 5. The second-order valence-corrected chi connectivity index (χ2v) is 5.33. The van der Waals surface area contributed by atoms with Gasteiger partial charge in [-0.3, -0.25) is 13.2 Å². The average molecular weight is 287 g/mol. The molecule has 5 nitrogen and oxygen atoms in total. The van der Waals surface area contributed by atoms with Gasteiger partial charge in [-0.05, 0) is 25.3 Å². The maximum absolute atomic E-state index is 11.0. The highest BCUT2D eigenvalue weighted by Crippen LogP contribution is 2.35. The van der Waals surface area contributed by atoms with E-state index in [1.54, 1.807) is 0 Å². The summed E-state index contributed by atoms with van der Waals surface area (Å²) < 4.78 is 17.0. The molecule has 6 heteroatoms. The van der Waals surface area contributed by atoms with Gasteiger partial charge in [-0.2, -0.15) is 0 Å². The standard InChI is InChI=1S/C13H21NO4S/c1-2-12(15)14-8-5-9-16-13-10-6-3-4-7-11(13)18-19-17-10/h2,10-11,13H,1,3-9H2,(H,14,15). The van der Waals surface area contributed by atoms with E-state index >= 15 is 0 Å². The third-order valence-corrected chi connectivity index (χ3v) is 4.05. The fourth-order valence-corrected chi connectivity index (χ4v) is 3.04. The lowest BCUT2D eigenvalue weighted by atomic mass is 10.1. The molecule has 0 spiro atoms. The highest BCUT2D eigenvalue weighted by molar-refractivity contribution is 7.89. The van der Waals surface area contributed by atoms with E-state index in [0.717, 1.165) is 31.6 Å². The third-order valence-electron chi connectivity index (χ3n) is 3.40. The van der Waals surface area contributed by atoms with Crippen LogP contribution in [0.5, 0.6) is 0 Å². The van der Waals surface area contributed by atoms with Crippen LogP contribution in [0.2, 0.25) is 0 Å². The van der Waals surface area contributed by atoms with Crippen LogP contribution in [-0.2, 0) is 17.9 Å². The summed E-state index contributed by atoms with van der Waals surface area (Å²) in [5.74, 6) is -0.144. The van der Waals surface area contributed by atoms with Crippen LogP contribution in [0.3, 0.4) is 0 Å². The molecule has 1 aliphatic heterocycles. The fraction of sp³-hybridized carbons (Fsp3) is 0.769. The molecule has 1 saturated carbocycles. The van der Waals surface area contributed by atoms with Crippen molar-refractivity contribution in [1.29, 1.82) is 0 Å². The molecule has 0 radical (unpaired) electrons. The number of carbonyl (C=O) groups is 1. The van der Waals surface area contributed by atoms with Crippen LogP contribution in [0.4, 0.5) is 0 Å². The van der Waals surface area contributed by atoms with Gasteiger partial charge in [0, 0.05) is 13.2 Å². The van der Waals surface area contributed by atoms with E-state index in [2.05, 4.69) is 11.9 Å². The molecule has 0 aromatic carbocycles. The molecule has 2 rings (SSSR count). The van der Waals surface area contributed by atoms with E-state index in [0.29, 0.717) is 13.2 Å². The molecule has 2 atom stereocenters. The summed E-state index contributed by atoms with van der Waals surface area (Å²) in [5, 5.41) is 2.73. The maximum atomic E-state index is 11.0. The largest absolute Gasteiger partial charge is 0.373 e. The van der Waals surface area contributed by atoms with Gasteiger partial charge in [-0.1, -0.05) is 19.4 Å². The van der Waals surface area contributed by atoms with Crippen molar-refractivity contribution in [2.24, 2.45) is 0 Å². The predicted octanol–water partition coefficient (Wildman–Crippen LogP) is 1.99. The minimum absolute atomic E-state index is 0.0267. The Bertz CT molecular complexity index is 299. The van der Waals surface area contributed by atoms with E-state index in [1.165, 1.54) is 18.9 Å². The summed E-state index contributed by atoms with van der Waals surface area (Å²) in [4.78, 5) is 11.0. The van der Waals surface area contributed by atoms with E-state index < -0.39 is 0 Å². The first-order chi connectivity index (χ1) is 9.31. The zero-order valence-electron chi connectivity index (χ0n) is 11.0. The van der Waals surface area contributed by atoms with Crippen LogP contribution in [0.1, 0.15) is 32.1 Å². The Morgan fingerprint density at radius 2 is 2.05 bits per heavy atom. The lowest BCUT2D eigenvalue weighted by molar-refractivity contribution is -0.116. The summed E-state index contributed by atoms with van der Waals surface area (Å²) in [7, 11) is 0. The molecule has 1 N–H and O–H groups in total. The quantitative estimate of drug-likeness (QED) is 0.460. The Kier molecular flexibility index (Phi) is 6.16. The molecule has 2 unspecified atom stereocenters. The Balaban J connectivity index is 1.69. The lowest BCUT2D eigenvalue weighted by Crippen LogP contribution is -2.43. The topological polar surface area (TPSA) is 56.8 Å². The van der Waals surface area contributed by atoms with Crippen LogP contribution in [0, 0.1) is 0 Å². The van der Waals surface area contributed by atoms with Crippen LogP contribution >= 0.6 is 12.3 Å². The molecular formula is C13H21NO4S. The molecule has 2 aliphatic rings. The van der Waals surface area contributed by atoms with E-state index in [1.807, 2.05) is 0 Å². The van der Waals surface area contributed by atoms with E-state index in [4.69, 9.17) is 13.1 Å². The maximum Gasteiger partial charge on any atom is 0.243 e. The lowest BCUT2D eigenvalue weighted by Gasteiger charge is -2.34. The molecule has 2 fully saturated rings. The summed E-state index contributed by atoms with van der Waals surface area (Å²) >= 11 is 1.11. The average Bonchev–Trinajstić information content (AvgIpc) is 2.54. The van der Waals surface area contributed by atoms with Crippen molar-refractivity contribution in [3.05, 3.63) is 12.7 Å². The summed E-state index contributed by atoms with van der Waals surface area (Å²) in [6.45, 7) is 4.61. The van der Waals surface area contributed by atoms with Crippen molar-refractivity contribution < 1.29 is 17.9 Å². The number of rotatable bonds is 6. The van der Waals surface area contributed by atoms with Gasteiger partial charge in [0.1, 0.15) is 18.3 Å². The second-order valence-electron chi connectivity index (χ2n) is 4.81. The van der Waals surface area contributed by atoms with Crippen molar-refractivity contribution in [3.63, 3.8) is 0 Å². The first-order valence-corrected chi connectivity index (χ1v) is 7.48. The van der Waals surface area contributed by atoms with Crippen molar-refractivity contribution in [2.45, 2.75) is 50.4 Å². The van der Waals surface area contributed by atoms with Crippen molar-refractivity contribution in [3.8, 4) is 0 Å². The number of nitrogens with one attached hydrogen (secondary N) is 1. The monoisotopic (exact) mass is 287 g/mol. The molecule has 1 aliphatic carbocycles. The SMILES string of the molecule is C=CC(=O)NCCCOC1C2CCCCC1OSO2. The Morgan fingerprint density at radius 1 is 1.37 bits per heavy atom. The van der Waals surface area contributed by atoms with Gasteiger partial charge in [0.15, 0.2) is 12.3 Å². The number of ether oxygens (including phenoxy) is 1. The van der Waals surface area contributed by atoms with Gasteiger partial charge >= 0.3 is 0 Å². The number of carbonyl (C=O) groups excluding carboxylic acids is 1. The molecule has 19 heavy (non-hydrogen) atoms. The first kappa shape index (κ1) is 14.8. The molecule has 108 valence electrons. The van der Waals surface area contributed by atoms with Crippen molar-refractivity contribution in [1.82, 2.24) is 5.32 Å². The first-order valence-electron chi connectivity index (χ1n) is 6.82. The molecule has 2 bridgehead atoms. The van der Waals surface area contributed by atoms with Crippen LogP contribution < -0.4 is 5.32 Å². The molecular weight excluding hydrogens is 266 g/mol. The fourth-order valence-electron chi connectivity index (χ4n) is 2.38. The zero-order chi connectivity index (χ0) is 13.5. The minimum atomic E-state index is -0.144. The summed E-state index contributed by atoms with van der Waals surface area (Å²) in [5.41, 5.74) is 0. The minimum Gasteiger partial charge on any atom is -0.373 e. The number of amides is 1. The van der Waals surface area contributed by atoms with Gasteiger partial charge in [0.2, 0.25) is 5.91 Å². The molecule has 1 amide bonds. The molecule has 1 heterocycles. The van der Waals surface area contributed by atoms with E-state index in [-0.39, 0.29) is 24.2 Å². The van der Waals surface area contributed by atoms with Gasteiger partial charge in [0.25, 0.3) is 0 Å². The molecule has 0 aromatic heterocycles. The van der Waals surface area contributed by atoms with Gasteiger partial charge in [-0.15, -0.1) is 0 Å². The van der Waals surface area contributed by atoms with Crippen LogP contribution in [0.15, 0.2) is 12.7 Å². The highest BCUT2D eigenvalue weighted by Gasteiger charge is 2.38. The van der Waals surface area contributed by atoms with Gasteiger partial charge < -0.3 is 10.1 Å². The Hall–Kier alpha value is -0.560. The molecule has 0 aromatic rings. The highest BCUT2D eigenvalue weighted by atomic mass is 32.2. The summed E-state index contributed by atoms with van der Waals surface area (Å²) in [6.07, 6.45) is 6.75. The third kappa shape index (κ3) is 4.49. The van der Waals surface area contributed by atoms with Crippen molar-refractivity contribution >= 4 is 18.2 Å². The molecule has 1 saturated heterocycles. The van der Waals surface area contributed by atoms with Crippen LogP contribution in [-0.4, -0.2) is 37.4 Å². The van der Waals surface area contributed by atoms with Gasteiger partial charge in [-0.25, -0.2) is 0 Å².